The molecule has 0 radical (unpaired) electrons. The summed E-state index contributed by atoms with van der Waals surface area (Å²) in [7, 11) is 1.57. The molecule has 0 atom stereocenters. The summed E-state index contributed by atoms with van der Waals surface area (Å²) >= 11 is 5.94. The molecule has 0 saturated heterocycles. The van der Waals surface area contributed by atoms with Crippen LogP contribution in [-0.4, -0.2) is 17.9 Å². The second-order valence-corrected chi connectivity index (χ2v) is 4.72. The van der Waals surface area contributed by atoms with Gasteiger partial charge in [-0.1, -0.05) is 32.4 Å². The third-order valence-corrected chi connectivity index (χ3v) is 2.38. The van der Waals surface area contributed by atoms with Gasteiger partial charge in [-0.15, -0.1) is 0 Å². The fourth-order valence-electron chi connectivity index (χ4n) is 1.16. The van der Waals surface area contributed by atoms with E-state index in [1.54, 1.807) is 13.1 Å². The predicted octanol–water partition coefficient (Wildman–Crippen LogP) is 2.39. The molecule has 0 fully saturated rings. The van der Waals surface area contributed by atoms with Crippen molar-refractivity contribution in [2.24, 2.45) is 0 Å². The molecule has 1 aromatic rings. The van der Waals surface area contributed by atoms with Crippen LogP contribution < -0.4 is 5.32 Å². The van der Waals surface area contributed by atoms with Crippen molar-refractivity contribution in [3.8, 4) is 0 Å². The van der Waals surface area contributed by atoms with Crippen molar-refractivity contribution < 1.29 is 4.79 Å². The zero-order chi connectivity index (χ0) is 11.6. The lowest BCUT2D eigenvalue weighted by Gasteiger charge is -2.18. The molecular formula is C11H15ClN2O. The summed E-state index contributed by atoms with van der Waals surface area (Å²) < 4.78 is 0. The van der Waals surface area contributed by atoms with Crippen LogP contribution in [0, 0.1) is 0 Å². The van der Waals surface area contributed by atoms with Crippen LogP contribution >= 0.6 is 11.6 Å². The van der Waals surface area contributed by atoms with Gasteiger partial charge < -0.3 is 5.32 Å². The first-order chi connectivity index (χ1) is 6.86. The number of carbonyl (C=O) groups excluding carboxylic acids is 1. The van der Waals surface area contributed by atoms with Gasteiger partial charge in [0, 0.05) is 18.2 Å². The Morgan fingerprint density at radius 2 is 2.00 bits per heavy atom. The fraction of sp³-hybridized carbons (Fsp3) is 0.455. The molecule has 0 spiro atoms. The molecule has 82 valence electrons. The normalized spacial score (nSPS) is 11.3. The maximum absolute atomic E-state index is 11.4. The number of aromatic nitrogens is 1. The Morgan fingerprint density at radius 1 is 1.40 bits per heavy atom. The number of hydrogen-bond donors (Lipinski definition) is 1. The zero-order valence-corrected chi connectivity index (χ0v) is 10.1. The molecule has 0 aliphatic heterocycles. The molecule has 1 heterocycles. The number of carbonyl (C=O) groups is 1. The molecule has 3 nitrogen and oxygen atoms in total. The molecule has 15 heavy (non-hydrogen) atoms. The van der Waals surface area contributed by atoms with E-state index in [1.807, 2.05) is 26.8 Å². The number of pyridine rings is 1. The SMILES string of the molecule is CNC(=O)c1ccc(C(C)(C)C)nc1Cl. The maximum Gasteiger partial charge on any atom is 0.254 e. The first-order valence-corrected chi connectivity index (χ1v) is 5.13. The topological polar surface area (TPSA) is 42.0 Å². The van der Waals surface area contributed by atoms with Gasteiger partial charge in [-0.25, -0.2) is 4.98 Å². The van der Waals surface area contributed by atoms with Gasteiger partial charge in [0.2, 0.25) is 0 Å². The summed E-state index contributed by atoms with van der Waals surface area (Å²) in [4.78, 5) is 15.6. The molecule has 0 aromatic carbocycles. The Kier molecular flexibility index (Phi) is 3.35. The predicted molar refractivity (Wildman–Crippen MR) is 61.3 cm³/mol. The molecule has 0 aliphatic rings. The number of hydrogen-bond acceptors (Lipinski definition) is 2. The summed E-state index contributed by atoms with van der Waals surface area (Å²) in [5, 5.41) is 2.77. The van der Waals surface area contributed by atoms with Crippen molar-refractivity contribution in [2.75, 3.05) is 7.05 Å². The standard InChI is InChI=1S/C11H15ClN2O/c1-11(2,3)8-6-5-7(9(12)14-8)10(15)13-4/h5-6H,1-4H3,(H,13,15). The van der Waals surface area contributed by atoms with Crippen LogP contribution in [0.3, 0.4) is 0 Å². The van der Waals surface area contributed by atoms with Crippen LogP contribution in [0.1, 0.15) is 36.8 Å². The van der Waals surface area contributed by atoms with Gasteiger partial charge in [-0.05, 0) is 12.1 Å². The molecule has 1 N–H and O–H groups in total. The van der Waals surface area contributed by atoms with Gasteiger partial charge in [0.15, 0.2) is 0 Å². The first kappa shape index (κ1) is 12.0. The van der Waals surface area contributed by atoms with Gasteiger partial charge in [0.05, 0.1) is 5.56 Å². The van der Waals surface area contributed by atoms with E-state index >= 15 is 0 Å². The average molecular weight is 227 g/mol. The summed E-state index contributed by atoms with van der Waals surface area (Å²) in [6.45, 7) is 6.14. The Morgan fingerprint density at radius 3 is 2.40 bits per heavy atom. The third-order valence-electron chi connectivity index (χ3n) is 2.09. The van der Waals surface area contributed by atoms with Gasteiger partial charge >= 0.3 is 0 Å². The second-order valence-electron chi connectivity index (χ2n) is 4.36. The van der Waals surface area contributed by atoms with Crippen molar-refractivity contribution in [1.29, 1.82) is 0 Å². The monoisotopic (exact) mass is 226 g/mol. The van der Waals surface area contributed by atoms with E-state index in [0.717, 1.165) is 5.69 Å². The third kappa shape index (κ3) is 2.69. The molecule has 0 bridgehead atoms. The zero-order valence-electron chi connectivity index (χ0n) is 9.39. The van der Waals surface area contributed by atoms with Crippen LogP contribution in [0.15, 0.2) is 12.1 Å². The van der Waals surface area contributed by atoms with Gasteiger partial charge in [0.25, 0.3) is 5.91 Å². The second kappa shape index (κ2) is 4.19. The molecule has 1 amide bonds. The van der Waals surface area contributed by atoms with Crippen LogP contribution in [0.25, 0.3) is 0 Å². The Balaban J connectivity index is 3.15. The lowest BCUT2D eigenvalue weighted by Crippen LogP contribution is -2.20. The molecule has 0 aliphatic carbocycles. The highest BCUT2D eigenvalue weighted by Gasteiger charge is 2.18. The summed E-state index contributed by atoms with van der Waals surface area (Å²) in [5.74, 6) is -0.215. The highest BCUT2D eigenvalue weighted by atomic mass is 35.5. The average Bonchev–Trinajstić information content (AvgIpc) is 2.15. The summed E-state index contributed by atoms with van der Waals surface area (Å²) in [5.41, 5.74) is 1.22. The molecule has 1 aromatic heterocycles. The van der Waals surface area contributed by atoms with Gasteiger partial charge in [-0.2, -0.15) is 0 Å². The number of rotatable bonds is 1. The lowest BCUT2D eigenvalue weighted by atomic mass is 9.91. The molecule has 4 heteroatoms. The van der Waals surface area contributed by atoms with Crippen molar-refractivity contribution >= 4 is 17.5 Å². The lowest BCUT2D eigenvalue weighted by molar-refractivity contribution is 0.0963. The van der Waals surface area contributed by atoms with Crippen LogP contribution in [0.5, 0.6) is 0 Å². The first-order valence-electron chi connectivity index (χ1n) is 4.75. The highest BCUT2D eigenvalue weighted by molar-refractivity contribution is 6.32. The molecule has 0 unspecified atom stereocenters. The van der Waals surface area contributed by atoms with Crippen LogP contribution in [0.2, 0.25) is 5.15 Å². The molecule has 1 rings (SSSR count). The summed E-state index contributed by atoms with van der Waals surface area (Å²) in [6.07, 6.45) is 0. The maximum atomic E-state index is 11.4. The Bertz CT molecular complexity index is 383. The quantitative estimate of drug-likeness (QED) is 0.748. The molecular weight excluding hydrogens is 212 g/mol. The minimum absolute atomic E-state index is 0.0646. The number of halogens is 1. The van der Waals surface area contributed by atoms with Gasteiger partial charge in [-0.3, -0.25) is 4.79 Å². The fourth-order valence-corrected chi connectivity index (χ4v) is 1.40. The number of amides is 1. The van der Waals surface area contributed by atoms with Crippen molar-refractivity contribution in [3.63, 3.8) is 0 Å². The van der Waals surface area contributed by atoms with E-state index in [0.29, 0.717) is 5.56 Å². The smallest absolute Gasteiger partial charge is 0.254 e. The Labute approximate surface area is 94.9 Å². The minimum atomic E-state index is -0.215. The molecule has 0 saturated carbocycles. The van der Waals surface area contributed by atoms with E-state index in [-0.39, 0.29) is 16.5 Å². The van der Waals surface area contributed by atoms with Crippen molar-refractivity contribution in [3.05, 3.63) is 28.5 Å². The van der Waals surface area contributed by atoms with Gasteiger partial charge in [0.1, 0.15) is 5.15 Å². The van der Waals surface area contributed by atoms with E-state index in [9.17, 15) is 4.79 Å². The van der Waals surface area contributed by atoms with Crippen LogP contribution in [0.4, 0.5) is 0 Å². The van der Waals surface area contributed by atoms with E-state index in [2.05, 4.69) is 10.3 Å². The number of nitrogens with one attached hydrogen (secondary N) is 1. The Hall–Kier alpha value is -1.09. The van der Waals surface area contributed by atoms with Crippen LogP contribution in [-0.2, 0) is 5.41 Å². The van der Waals surface area contributed by atoms with Crippen molar-refractivity contribution in [2.45, 2.75) is 26.2 Å². The van der Waals surface area contributed by atoms with E-state index < -0.39 is 0 Å². The highest BCUT2D eigenvalue weighted by Crippen LogP contribution is 2.23. The largest absolute Gasteiger partial charge is 0.355 e. The van der Waals surface area contributed by atoms with E-state index in [1.165, 1.54) is 0 Å². The van der Waals surface area contributed by atoms with E-state index in [4.69, 9.17) is 11.6 Å². The minimum Gasteiger partial charge on any atom is -0.355 e. The number of nitrogens with zero attached hydrogens (tertiary/aromatic N) is 1. The van der Waals surface area contributed by atoms with Crippen molar-refractivity contribution in [1.82, 2.24) is 10.3 Å². The summed E-state index contributed by atoms with van der Waals surface area (Å²) in [6, 6.07) is 3.53.